The molecule has 2 aromatic carbocycles. The molecular weight excluding hydrogens is 405 g/mol. The van der Waals surface area contributed by atoms with E-state index in [-0.39, 0.29) is 23.9 Å². The van der Waals surface area contributed by atoms with Crippen molar-refractivity contribution in [2.24, 2.45) is 5.92 Å². The fourth-order valence-electron chi connectivity index (χ4n) is 4.85. The second-order valence-electron chi connectivity index (χ2n) is 8.85. The van der Waals surface area contributed by atoms with Gasteiger partial charge in [0.15, 0.2) is 0 Å². The molecule has 1 aliphatic rings. The maximum absolute atomic E-state index is 13.8. The molecule has 0 bridgehead atoms. The van der Waals surface area contributed by atoms with Crippen LogP contribution < -0.4 is 0 Å². The van der Waals surface area contributed by atoms with Crippen LogP contribution in [-0.2, 0) is 4.74 Å². The van der Waals surface area contributed by atoms with Gasteiger partial charge in [0, 0.05) is 11.6 Å². The summed E-state index contributed by atoms with van der Waals surface area (Å²) in [6.07, 6.45) is 3.36. The van der Waals surface area contributed by atoms with E-state index in [1.807, 2.05) is 50.5 Å². The molecule has 1 heterocycles. The van der Waals surface area contributed by atoms with E-state index in [9.17, 15) is 9.18 Å². The van der Waals surface area contributed by atoms with Crippen molar-refractivity contribution in [3.63, 3.8) is 0 Å². The van der Waals surface area contributed by atoms with Gasteiger partial charge in [0.1, 0.15) is 29.0 Å². The van der Waals surface area contributed by atoms with Gasteiger partial charge in [0.2, 0.25) is 0 Å². The van der Waals surface area contributed by atoms with Crippen molar-refractivity contribution in [1.29, 1.82) is 0 Å². The summed E-state index contributed by atoms with van der Waals surface area (Å²) in [7, 11) is 4.07. The highest BCUT2D eigenvalue weighted by Crippen LogP contribution is 2.38. The number of ether oxygens (including phenoxy) is 1. The van der Waals surface area contributed by atoms with E-state index in [1.165, 1.54) is 6.07 Å². The number of aryl methyl sites for hydroxylation is 1. The summed E-state index contributed by atoms with van der Waals surface area (Å²) in [5.41, 5.74) is 2.41. The van der Waals surface area contributed by atoms with Crippen molar-refractivity contribution < 1.29 is 18.3 Å². The van der Waals surface area contributed by atoms with Crippen LogP contribution in [0, 0.1) is 18.7 Å². The standard InChI is InChI=1S/C27H30FNO3/c1-18-24(17-25(31-18)19-8-5-4-6-9-19)27(30)32-23-14-12-20(13-15-23)26(29(2)3)21-10-7-11-22(28)16-21/h4-11,16-17,20,23,26H,12-15H2,1-3H3. The average Bonchev–Trinajstić information content (AvgIpc) is 3.17. The number of carbonyl (C=O) groups is 1. The van der Waals surface area contributed by atoms with Gasteiger partial charge in [-0.25, -0.2) is 9.18 Å². The van der Waals surface area contributed by atoms with Crippen molar-refractivity contribution in [2.75, 3.05) is 14.1 Å². The molecule has 1 fully saturated rings. The number of furan rings is 1. The molecule has 1 aliphatic carbocycles. The van der Waals surface area contributed by atoms with Crippen molar-refractivity contribution in [2.45, 2.75) is 44.8 Å². The number of hydrogen-bond acceptors (Lipinski definition) is 4. The van der Waals surface area contributed by atoms with Crippen LogP contribution in [0.25, 0.3) is 11.3 Å². The first-order valence-corrected chi connectivity index (χ1v) is 11.2. The highest BCUT2D eigenvalue weighted by atomic mass is 19.1. The number of halogens is 1. The van der Waals surface area contributed by atoms with E-state index in [0.29, 0.717) is 23.0 Å². The minimum absolute atomic E-state index is 0.108. The monoisotopic (exact) mass is 435 g/mol. The zero-order valence-corrected chi connectivity index (χ0v) is 18.9. The van der Waals surface area contributed by atoms with Gasteiger partial charge in [-0.2, -0.15) is 0 Å². The minimum atomic E-state index is -0.328. The lowest BCUT2D eigenvalue weighted by Gasteiger charge is -2.37. The molecular formula is C27H30FNO3. The zero-order valence-electron chi connectivity index (χ0n) is 18.9. The zero-order chi connectivity index (χ0) is 22.7. The topological polar surface area (TPSA) is 42.7 Å². The van der Waals surface area contributed by atoms with Gasteiger partial charge in [-0.05, 0) is 76.4 Å². The predicted molar refractivity (Wildman–Crippen MR) is 123 cm³/mol. The molecule has 1 atom stereocenters. The Labute approximate surface area is 189 Å². The lowest BCUT2D eigenvalue weighted by atomic mass is 9.79. The smallest absolute Gasteiger partial charge is 0.341 e. The number of benzene rings is 2. The van der Waals surface area contributed by atoms with E-state index >= 15 is 0 Å². The Morgan fingerprint density at radius 1 is 1.03 bits per heavy atom. The van der Waals surface area contributed by atoms with Crippen LogP contribution in [-0.4, -0.2) is 31.1 Å². The lowest BCUT2D eigenvalue weighted by molar-refractivity contribution is 0.0110. The molecule has 4 rings (SSSR count). The first-order chi connectivity index (χ1) is 15.4. The fraction of sp³-hybridized carbons (Fsp3) is 0.370. The summed E-state index contributed by atoms with van der Waals surface area (Å²) >= 11 is 0. The van der Waals surface area contributed by atoms with Gasteiger partial charge in [-0.15, -0.1) is 0 Å². The summed E-state index contributed by atoms with van der Waals surface area (Å²) < 4.78 is 25.4. The molecule has 0 saturated heterocycles. The minimum Gasteiger partial charge on any atom is -0.460 e. The first kappa shape index (κ1) is 22.3. The molecule has 32 heavy (non-hydrogen) atoms. The fourth-order valence-corrected chi connectivity index (χ4v) is 4.85. The Bertz CT molecular complexity index is 1050. The summed E-state index contributed by atoms with van der Waals surface area (Å²) in [6, 6.07) is 18.5. The van der Waals surface area contributed by atoms with Crippen LogP contribution in [0.15, 0.2) is 65.1 Å². The third-order valence-electron chi connectivity index (χ3n) is 6.38. The lowest BCUT2D eigenvalue weighted by Crippen LogP contribution is -2.33. The highest BCUT2D eigenvalue weighted by molar-refractivity contribution is 5.92. The van der Waals surface area contributed by atoms with E-state index in [2.05, 4.69) is 4.90 Å². The van der Waals surface area contributed by atoms with Gasteiger partial charge in [0.05, 0.1) is 0 Å². The Morgan fingerprint density at radius 2 is 1.75 bits per heavy atom. The third kappa shape index (κ3) is 4.94. The van der Waals surface area contributed by atoms with Crippen LogP contribution in [0.5, 0.6) is 0 Å². The molecule has 1 saturated carbocycles. The van der Waals surface area contributed by atoms with Crippen molar-refractivity contribution in [3.8, 4) is 11.3 Å². The maximum Gasteiger partial charge on any atom is 0.341 e. The number of esters is 1. The van der Waals surface area contributed by atoms with Gasteiger partial charge >= 0.3 is 5.97 Å². The summed E-state index contributed by atoms with van der Waals surface area (Å²) in [6.45, 7) is 1.79. The molecule has 3 aromatic rings. The van der Waals surface area contributed by atoms with Gasteiger partial charge in [-0.3, -0.25) is 0 Å². The third-order valence-corrected chi connectivity index (χ3v) is 6.38. The molecule has 4 nitrogen and oxygen atoms in total. The summed E-state index contributed by atoms with van der Waals surface area (Å²) in [5, 5.41) is 0. The molecule has 1 aromatic heterocycles. The molecule has 0 radical (unpaired) electrons. The molecule has 0 N–H and O–H groups in total. The normalized spacial score (nSPS) is 19.7. The second-order valence-corrected chi connectivity index (χ2v) is 8.85. The van der Waals surface area contributed by atoms with Crippen molar-refractivity contribution >= 4 is 5.97 Å². The molecule has 1 unspecified atom stereocenters. The molecule has 0 spiro atoms. The maximum atomic E-state index is 13.8. The quantitative estimate of drug-likeness (QED) is 0.420. The van der Waals surface area contributed by atoms with Crippen LogP contribution in [0.3, 0.4) is 0 Å². The molecule has 0 amide bonds. The Hall–Kier alpha value is -2.92. The van der Waals surface area contributed by atoms with Crippen LogP contribution >= 0.6 is 0 Å². The molecule has 5 heteroatoms. The number of hydrogen-bond donors (Lipinski definition) is 0. The SMILES string of the molecule is Cc1oc(-c2ccccc2)cc1C(=O)OC1CCC(C(c2cccc(F)c2)N(C)C)CC1. The predicted octanol–water partition coefficient (Wildman–Crippen LogP) is 6.41. The summed E-state index contributed by atoms with van der Waals surface area (Å²) in [5.74, 6) is 1.10. The Balaban J connectivity index is 1.39. The van der Waals surface area contributed by atoms with E-state index in [0.717, 1.165) is 36.8 Å². The number of rotatable bonds is 6. The van der Waals surface area contributed by atoms with Gasteiger partial charge in [0.25, 0.3) is 0 Å². The largest absolute Gasteiger partial charge is 0.460 e. The van der Waals surface area contributed by atoms with Crippen LogP contribution in [0.1, 0.15) is 53.4 Å². The average molecular weight is 436 g/mol. The Morgan fingerprint density at radius 3 is 2.41 bits per heavy atom. The Kier molecular flexibility index (Phi) is 6.75. The highest BCUT2D eigenvalue weighted by Gasteiger charge is 2.32. The van der Waals surface area contributed by atoms with Crippen molar-refractivity contribution in [1.82, 2.24) is 4.90 Å². The van der Waals surface area contributed by atoms with E-state index < -0.39 is 0 Å². The van der Waals surface area contributed by atoms with Crippen molar-refractivity contribution in [3.05, 3.63) is 83.4 Å². The van der Waals surface area contributed by atoms with Gasteiger partial charge in [-0.1, -0.05) is 42.5 Å². The van der Waals surface area contributed by atoms with Crippen LogP contribution in [0.2, 0.25) is 0 Å². The second kappa shape index (κ2) is 9.70. The number of nitrogens with zero attached hydrogens (tertiary/aromatic N) is 1. The van der Waals surface area contributed by atoms with Crippen LogP contribution in [0.4, 0.5) is 4.39 Å². The number of carbonyl (C=O) groups excluding carboxylic acids is 1. The summed E-state index contributed by atoms with van der Waals surface area (Å²) in [4.78, 5) is 15.0. The van der Waals surface area contributed by atoms with Gasteiger partial charge < -0.3 is 14.1 Å². The van der Waals surface area contributed by atoms with E-state index in [4.69, 9.17) is 9.15 Å². The van der Waals surface area contributed by atoms with E-state index in [1.54, 1.807) is 25.1 Å². The molecule has 0 aliphatic heterocycles. The first-order valence-electron chi connectivity index (χ1n) is 11.2. The molecule has 168 valence electrons.